The van der Waals surface area contributed by atoms with Crippen molar-refractivity contribution in [2.45, 2.75) is 18.0 Å². The maximum atomic E-state index is 14.4. The van der Waals surface area contributed by atoms with Crippen LogP contribution in [0.15, 0.2) is 121 Å². The summed E-state index contributed by atoms with van der Waals surface area (Å²) in [5.74, 6) is -0.740. The van der Waals surface area contributed by atoms with E-state index in [9.17, 15) is 15.3 Å². The van der Waals surface area contributed by atoms with Crippen LogP contribution in [0.4, 0.5) is 0 Å². The quantitative estimate of drug-likeness (QED) is 0.192. The van der Waals surface area contributed by atoms with E-state index in [4.69, 9.17) is 11.6 Å². The number of hydrogen-bond donors (Lipinski definition) is 0. The van der Waals surface area contributed by atoms with E-state index in [2.05, 4.69) is 29.2 Å². The molecule has 2 aliphatic rings. The Balaban J connectivity index is 1.67. The van der Waals surface area contributed by atoms with E-state index in [1.807, 2.05) is 97.2 Å². The Morgan fingerprint density at radius 1 is 0.750 bits per heavy atom. The lowest BCUT2D eigenvalue weighted by molar-refractivity contribution is 0.0874. The fraction of sp³-hybridized carbons (Fsp3) is 0.114. The van der Waals surface area contributed by atoms with Crippen LogP contribution in [0.2, 0.25) is 5.02 Å². The Hall–Kier alpha value is -4.90. The highest BCUT2D eigenvalue weighted by Crippen LogP contribution is 2.58. The van der Waals surface area contributed by atoms with Crippen molar-refractivity contribution in [1.29, 1.82) is 10.5 Å². The van der Waals surface area contributed by atoms with Crippen molar-refractivity contribution in [3.8, 4) is 12.1 Å². The van der Waals surface area contributed by atoms with Crippen LogP contribution in [0, 0.1) is 28.6 Å². The summed E-state index contributed by atoms with van der Waals surface area (Å²) in [4.78, 5) is 16.6. The molecule has 0 spiro atoms. The third-order valence-electron chi connectivity index (χ3n) is 7.94. The van der Waals surface area contributed by atoms with Gasteiger partial charge >= 0.3 is 0 Å². The average Bonchev–Trinajstić information content (AvgIpc) is 3.36. The highest BCUT2D eigenvalue weighted by molar-refractivity contribution is 6.30. The van der Waals surface area contributed by atoms with Gasteiger partial charge in [-0.25, -0.2) is 0 Å². The highest BCUT2D eigenvalue weighted by Gasteiger charge is 2.54. The van der Waals surface area contributed by atoms with Gasteiger partial charge in [-0.3, -0.25) is 4.79 Å². The molecule has 0 bridgehead atoms. The van der Waals surface area contributed by atoms with E-state index < -0.39 is 6.04 Å². The lowest BCUT2D eigenvalue weighted by atomic mass is 9.71. The van der Waals surface area contributed by atoms with Crippen LogP contribution >= 0.6 is 11.6 Å². The number of fused-ring (bicyclic) bond motifs is 3. The molecule has 4 unspecified atom stereocenters. The lowest BCUT2D eigenvalue weighted by Crippen LogP contribution is -2.37. The van der Waals surface area contributed by atoms with Gasteiger partial charge in [0.05, 0.1) is 12.1 Å². The van der Waals surface area contributed by atoms with Crippen molar-refractivity contribution >= 4 is 29.0 Å². The summed E-state index contributed by atoms with van der Waals surface area (Å²) in [6.45, 7) is 0. The van der Waals surface area contributed by atoms with Crippen LogP contribution < -0.4 is 0 Å². The molecule has 0 saturated carbocycles. The predicted octanol–water partition coefficient (Wildman–Crippen LogP) is 7.83. The largest absolute Gasteiger partial charge is 0.359 e. The van der Waals surface area contributed by atoms with E-state index >= 15 is 0 Å². The van der Waals surface area contributed by atoms with Gasteiger partial charge in [-0.2, -0.15) is 10.5 Å². The molecule has 4 aromatic rings. The molecular formula is C35H24ClN3O. The Bertz CT molecular complexity index is 1700. The maximum absolute atomic E-state index is 14.4. The molecule has 0 radical (unpaired) electrons. The molecule has 4 atom stereocenters. The molecular weight excluding hydrogens is 514 g/mol. The standard InChI is InChI=1S/C35H24ClN3O/c36-28-17-15-25(16-18-28)30(27(21-37)22-38)32-31(24-10-3-1-4-11-24)34(35(40)26-12-5-2-6-13-26)39-20-19-23-9-7-8-14-29(23)33(32)39/h1-20,31-34H. The van der Waals surface area contributed by atoms with Gasteiger partial charge in [0.15, 0.2) is 5.78 Å². The first-order valence-electron chi connectivity index (χ1n) is 13.1. The van der Waals surface area contributed by atoms with E-state index in [-0.39, 0.29) is 29.2 Å². The molecule has 0 amide bonds. The number of ketones is 1. The van der Waals surface area contributed by atoms with Crippen molar-refractivity contribution in [2.24, 2.45) is 5.92 Å². The molecule has 4 aromatic carbocycles. The molecule has 2 aliphatic heterocycles. The fourth-order valence-corrected chi connectivity index (χ4v) is 6.45. The second-order valence-electron chi connectivity index (χ2n) is 9.99. The van der Waals surface area contributed by atoms with Crippen molar-refractivity contribution < 1.29 is 4.79 Å². The van der Waals surface area contributed by atoms with Gasteiger partial charge < -0.3 is 4.90 Å². The first-order valence-corrected chi connectivity index (χ1v) is 13.5. The number of nitrogens with zero attached hydrogens (tertiary/aromatic N) is 3. The van der Waals surface area contributed by atoms with Gasteiger partial charge in [0.2, 0.25) is 0 Å². The monoisotopic (exact) mass is 537 g/mol. The molecule has 1 saturated heterocycles. The van der Waals surface area contributed by atoms with Gasteiger partial charge in [0.1, 0.15) is 17.7 Å². The molecule has 40 heavy (non-hydrogen) atoms. The summed E-state index contributed by atoms with van der Waals surface area (Å²) in [5.41, 5.74) is 5.11. The molecule has 0 N–H and O–H groups in total. The lowest BCUT2D eigenvalue weighted by Gasteiger charge is -2.35. The summed E-state index contributed by atoms with van der Waals surface area (Å²) in [6.07, 6.45) is 4.05. The third-order valence-corrected chi connectivity index (χ3v) is 8.20. The normalized spacial score (nSPS) is 20.5. The minimum atomic E-state index is -0.564. The van der Waals surface area contributed by atoms with Gasteiger partial charge in [0, 0.05) is 28.6 Å². The van der Waals surface area contributed by atoms with Gasteiger partial charge in [-0.15, -0.1) is 0 Å². The Labute approximate surface area is 238 Å². The van der Waals surface area contributed by atoms with Crippen molar-refractivity contribution in [3.63, 3.8) is 0 Å². The van der Waals surface area contributed by atoms with Gasteiger partial charge in [-0.1, -0.05) is 109 Å². The average molecular weight is 538 g/mol. The SMILES string of the molecule is N#CC(C#N)=C(c1ccc(Cl)cc1)C1C(c2ccccc2)C(C(=O)c2ccccc2)N2C=Cc3ccccc3C12. The molecule has 1 fully saturated rings. The first kappa shape index (κ1) is 25.4. The Morgan fingerprint density at radius 2 is 1.38 bits per heavy atom. The number of Topliss-reactive ketones (excluding diaryl/α,β-unsaturated/α-hetero) is 1. The minimum absolute atomic E-state index is 0.00287. The van der Waals surface area contributed by atoms with E-state index in [0.29, 0.717) is 16.2 Å². The molecule has 192 valence electrons. The molecule has 2 heterocycles. The Kier molecular flexibility index (Phi) is 6.79. The summed E-state index contributed by atoms with van der Waals surface area (Å²) in [6, 6.07) is 38.2. The zero-order chi connectivity index (χ0) is 27.6. The number of carbonyl (C=O) groups excluding carboxylic acids is 1. The van der Waals surface area contributed by atoms with Gasteiger partial charge in [0.25, 0.3) is 0 Å². The number of allylic oxidation sites excluding steroid dienone is 1. The molecule has 0 aliphatic carbocycles. The maximum Gasteiger partial charge on any atom is 0.185 e. The van der Waals surface area contributed by atoms with Crippen LogP contribution in [0.3, 0.4) is 0 Å². The van der Waals surface area contributed by atoms with Crippen LogP contribution in [0.5, 0.6) is 0 Å². The topological polar surface area (TPSA) is 67.9 Å². The second kappa shape index (κ2) is 10.7. The molecule has 4 nitrogen and oxygen atoms in total. The molecule has 0 aromatic heterocycles. The van der Waals surface area contributed by atoms with E-state index in [0.717, 1.165) is 22.3 Å². The van der Waals surface area contributed by atoms with Crippen LogP contribution in [0.25, 0.3) is 11.6 Å². The van der Waals surface area contributed by atoms with Crippen LogP contribution in [-0.2, 0) is 0 Å². The number of hydrogen-bond acceptors (Lipinski definition) is 4. The molecule has 5 heteroatoms. The minimum Gasteiger partial charge on any atom is -0.359 e. The Morgan fingerprint density at radius 3 is 2.05 bits per heavy atom. The van der Waals surface area contributed by atoms with Crippen LogP contribution in [-0.4, -0.2) is 16.7 Å². The summed E-state index contributed by atoms with van der Waals surface area (Å²) in [7, 11) is 0. The zero-order valence-corrected chi connectivity index (χ0v) is 22.2. The number of nitriles is 2. The third kappa shape index (κ3) is 4.30. The van der Waals surface area contributed by atoms with Crippen molar-refractivity contribution in [3.05, 3.63) is 154 Å². The number of halogens is 1. The summed E-state index contributed by atoms with van der Waals surface area (Å²) in [5, 5.41) is 21.0. The van der Waals surface area contributed by atoms with Crippen molar-refractivity contribution in [2.75, 3.05) is 0 Å². The van der Waals surface area contributed by atoms with Gasteiger partial charge in [-0.05, 0) is 46.0 Å². The van der Waals surface area contributed by atoms with E-state index in [1.165, 1.54) is 0 Å². The first-order chi connectivity index (χ1) is 19.6. The van der Waals surface area contributed by atoms with Crippen LogP contribution in [0.1, 0.15) is 44.6 Å². The number of carbonyl (C=O) groups is 1. The summed E-state index contributed by atoms with van der Waals surface area (Å²) >= 11 is 6.25. The smallest absolute Gasteiger partial charge is 0.185 e. The number of rotatable bonds is 5. The molecule has 6 rings (SSSR count). The second-order valence-corrected chi connectivity index (χ2v) is 10.4. The van der Waals surface area contributed by atoms with E-state index in [1.54, 1.807) is 12.1 Å². The highest BCUT2D eigenvalue weighted by atomic mass is 35.5. The fourth-order valence-electron chi connectivity index (χ4n) is 6.33. The summed E-state index contributed by atoms with van der Waals surface area (Å²) < 4.78 is 0. The number of benzene rings is 4. The predicted molar refractivity (Wildman–Crippen MR) is 157 cm³/mol. The zero-order valence-electron chi connectivity index (χ0n) is 21.5. The van der Waals surface area contributed by atoms with Crippen molar-refractivity contribution in [1.82, 2.24) is 4.90 Å².